The fourth-order valence-electron chi connectivity index (χ4n) is 4.50. The number of carbonyl (C=O) groups is 2. The van der Waals surface area contributed by atoms with Gasteiger partial charge in [0.25, 0.3) is 0 Å². The lowest BCUT2D eigenvalue weighted by atomic mass is 9.88. The number of hydrogen-bond acceptors (Lipinski definition) is 6. The molecule has 0 heterocycles. The molecule has 1 aliphatic carbocycles. The molecule has 0 saturated heterocycles. The van der Waals surface area contributed by atoms with Gasteiger partial charge >= 0.3 is 25.7 Å². The van der Waals surface area contributed by atoms with E-state index in [2.05, 4.69) is 0 Å². The molecule has 0 aromatic heterocycles. The largest absolute Gasteiger partial charge is 0.496 e. The second-order valence-corrected chi connectivity index (χ2v) is 10.1. The molecule has 3 rings (SSSR count). The van der Waals surface area contributed by atoms with E-state index in [-0.39, 0.29) is 48.5 Å². The fraction of sp³-hybridized carbons (Fsp3) is 0.417. The second kappa shape index (κ2) is 10.3. The summed E-state index contributed by atoms with van der Waals surface area (Å²) in [5.41, 5.74) is -6.83. The fourth-order valence-corrected chi connectivity index (χ4v) is 6.33. The van der Waals surface area contributed by atoms with Crippen molar-refractivity contribution < 1.29 is 54.7 Å². The predicted octanol–water partition coefficient (Wildman–Crippen LogP) is 6.91. The first-order valence-electron chi connectivity index (χ1n) is 10.9. The normalized spacial score (nSPS) is 15.8. The molecular weight excluding hydrogens is 529 g/mol. The van der Waals surface area contributed by atoms with E-state index in [0.717, 1.165) is 0 Å². The molecule has 37 heavy (non-hydrogen) atoms. The first-order valence-corrected chi connectivity index (χ1v) is 12.1. The monoisotopic (exact) mass is 551 g/mol. The van der Waals surface area contributed by atoms with E-state index in [0.29, 0.717) is 18.2 Å². The molecule has 6 nitrogen and oxygen atoms in total. The van der Waals surface area contributed by atoms with E-state index < -0.39 is 53.3 Å². The molecule has 1 fully saturated rings. The number of Topliss-reactive ketones (excluding diaryl/α,β-unsaturated/α-hetero) is 1. The molecule has 0 bridgehead atoms. The van der Waals surface area contributed by atoms with Crippen molar-refractivity contribution in [2.75, 3.05) is 21.3 Å². The Bertz CT molecular complexity index is 1170. The van der Waals surface area contributed by atoms with Gasteiger partial charge in [-0.3, -0.25) is 4.79 Å². The van der Waals surface area contributed by atoms with Crippen LogP contribution in [-0.2, 0) is 16.9 Å². The number of carbonyl (C=O) groups excluding carboxylic acids is 2. The SMILES string of the molecule is COc1cc(OC)c(C(=O)[P+](=O)C2(C(=O)c3c(C(F)(F)F)cccc3C(F)(F)F)CCCC2)c(OC)c1. The van der Waals surface area contributed by atoms with Crippen LogP contribution in [-0.4, -0.2) is 37.8 Å². The zero-order chi connectivity index (χ0) is 27.8. The minimum atomic E-state index is -5.32. The van der Waals surface area contributed by atoms with Gasteiger partial charge in [0.15, 0.2) is 5.56 Å². The van der Waals surface area contributed by atoms with Gasteiger partial charge in [-0.1, -0.05) is 10.6 Å². The molecule has 0 N–H and O–H groups in total. The van der Waals surface area contributed by atoms with Crippen LogP contribution in [0.1, 0.15) is 57.5 Å². The van der Waals surface area contributed by atoms with E-state index in [4.69, 9.17) is 14.2 Å². The summed E-state index contributed by atoms with van der Waals surface area (Å²) in [5.74, 6) is -1.75. The molecular formula is C24H22F6O6P+. The third-order valence-corrected chi connectivity index (χ3v) is 8.28. The van der Waals surface area contributed by atoms with Crippen molar-refractivity contribution in [2.45, 2.75) is 43.2 Å². The number of benzene rings is 2. The molecule has 0 aliphatic heterocycles. The van der Waals surface area contributed by atoms with Crippen molar-refractivity contribution in [1.82, 2.24) is 0 Å². The minimum Gasteiger partial charge on any atom is -0.496 e. The predicted molar refractivity (Wildman–Crippen MR) is 120 cm³/mol. The summed E-state index contributed by atoms with van der Waals surface area (Å²) in [4.78, 5) is 27.2. The number of alkyl halides is 6. The van der Waals surface area contributed by atoms with E-state index in [1.807, 2.05) is 0 Å². The highest BCUT2D eigenvalue weighted by atomic mass is 31.1. The van der Waals surface area contributed by atoms with E-state index in [1.54, 1.807) is 0 Å². The van der Waals surface area contributed by atoms with Gasteiger partial charge in [0.1, 0.15) is 17.2 Å². The van der Waals surface area contributed by atoms with Crippen LogP contribution in [0.4, 0.5) is 26.3 Å². The van der Waals surface area contributed by atoms with Gasteiger partial charge in [0.05, 0.1) is 32.5 Å². The zero-order valence-electron chi connectivity index (χ0n) is 19.9. The van der Waals surface area contributed by atoms with Gasteiger partial charge in [-0.05, 0) is 25.0 Å². The molecule has 1 atom stereocenters. The summed E-state index contributed by atoms with van der Waals surface area (Å²) < 4.78 is 112. The van der Waals surface area contributed by atoms with Crippen molar-refractivity contribution in [1.29, 1.82) is 0 Å². The molecule has 13 heteroatoms. The van der Waals surface area contributed by atoms with Gasteiger partial charge in [-0.25, -0.2) is 4.79 Å². The van der Waals surface area contributed by atoms with Crippen molar-refractivity contribution in [3.63, 3.8) is 0 Å². The molecule has 0 radical (unpaired) electrons. The minimum absolute atomic E-state index is 0.156. The Morgan fingerprint density at radius 2 is 1.27 bits per heavy atom. The lowest BCUT2D eigenvalue weighted by Gasteiger charge is -2.23. The van der Waals surface area contributed by atoms with Gasteiger partial charge < -0.3 is 14.2 Å². The molecule has 0 spiro atoms. The summed E-state index contributed by atoms with van der Waals surface area (Å²) >= 11 is 0. The lowest BCUT2D eigenvalue weighted by molar-refractivity contribution is -0.143. The number of methoxy groups -OCH3 is 3. The maximum absolute atomic E-state index is 13.8. The Morgan fingerprint density at radius 3 is 1.65 bits per heavy atom. The Hall–Kier alpha value is -3.14. The average molecular weight is 551 g/mol. The van der Waals surface area contributed by atoms with Crippen LogP contribution in [0.2, 0.25) is 0 Å². The standard InChI is InChI=1S/C24H22F6O6P/c1-34-13-11-16(35-2)19(17(12-13)36-3)21(32)37(33)22(9-4-5-10-22)20(31)18-14(23(25,26)27)7-6-8-15(18)24(28,29)30/h6-8,11-12H,4-5,9-10H2,1-3H3/q+1. The van der Waals surface area contributed by atoms with Crippen molar-refractivity contribution in [2.24, 2.45) is 0 Å². The van der Waals surface area contributed by atoms with Crippen LogP contribution < -0.4 is 14.2 Å². The van der Waals surface area contributed by atoms with Crippen molar-refractivity contribution in [3.8, 4) is 17.2 Å². The lowest BCUT2D eigenvalue weighted by Crippen LogP contribution is -2.37. The number of ketones is 1. The number of hydrogen-bond donors (Lipinski definition) is 0. The number of rotatable bonds is 8. The van der Waals surface area contributed by atoms with Crippen LogP contribution >= 0.6 is 7.80 Å². The molecule has 0 amide bonds. The quantitative estimate of drug-likeness (QED) is 0.202. The van der Waals surface area contributed by atoms with Gasteiger partial charge in [-0.15, -0.1) is 0 Å². The highest BCUT2D eigenvalue weighted by molar-refractivity contribution is 7.67. The van der Waals surface area contributed by atoms with E-state index in [9.17, 15) is 40.5 Å². The third-order valence-electron chi connectivity index (χ3n) is 6.26. The average Bonchev–Trinajstić information content (AvgIpc) is 3.36. The topological polar surface area (TPSA) is 78.9 Å². The Kier molecular flexibility index (Phi) is 7.93. The molecule has 200 valence electrons. The van der Waals surface area contributed by atoms with Crippen molar-refractivity contribution in [3.05, 3.63) is 52.6 Å². The molecule has 2 aromatic rings. The smallest absolute Gasteiger partial charge is 0.434 e. The molecule has 1 unspecified atom stereocenters. The van der Waals surface area contributed by atoms with Gasteiger partial charge in [0.2, 0.25) is 10.9 Å². The highest BCUT2D eigenvalue weighted by Crippen LogP contribution is 2.57. The first kappa shape index (κ1) is 28.4. The maximum Gasteiger partial charge on any atom is 0.434 e. The maximum atomic E-state index is 13.8. The number of halogens is 6. The zero-order valence-corrected chi connectivity index (χ0v) is 20.8. The Morgan fingerprint density at radius 1 is 0.811 bits per heavy atom. The van der Waals surface area contributed by atoms with Crippen molar-refractivity contribution >= 4 is 19.1 Å². The van der Waals surface area contributed by atoms with Gasteiger partial charge in [0, 0.05) is 30.5 Å². The summed E-state index contributed by atoms with van der Waals surface area (Å²) in [7, 11) is 0.292. The van der Waals surface area contributed by atoms with Crippen LogP contribution in [0.15, 0.2) is 30.3 Å². The summed E-state index contributed by atoms with van der Waals surface area (Å²) in [6, 6.07) is 3.79. The molecule has 1 aliphatic rings. The highest BCUT2D eigenvalue weighted by Gasteiger charge is 2.63. The summed E-state index contributed by atoms with van der Waals surface area (Å²) in [6.45, 7) is 0. The first-order chi connectivity index (χ1) is 17.2. The Labute approximate surface area is 208 Å². The Balaban J connectivity index is 2.24. The second-order valence-electron chi connectivity index (χ2n) is 8.30. The number of ether oxygens (including phenoxy) is 3. The van der Waals surface area contributed by atoms with Crippen LogP contribution in [0, 0.1) is 0 Å². The third kappa shape index (κ3) is 5.16. The van der Waals surface area contributed by atoms with E-state index in [1.165, 1.54) is 33.5 Å². The van der Waals surface area contributed by atoms with Crippen LogP contribution in [0.25, 0.3) is 0 Å². The summed E-state index contributed by atoms with van der Waals surface area (Å²) in [5, 5.41) is -2.29. The summed E-state index contributed by atoms with van der Waals surface area (Å²) in [6.07, 6.45) is -11.0. The van der Waals surface area contributed by atoms with Gasteiger partial charge in [-0.2, -0.15) is 26.3 Å². The van der Waals surface area contributed by atoms with E-state index >= 15 is 0 Å². The molecule has 1 saturated carbocycles. The van der Waals surface area contributed by atoms with Crippen LogP contribution in [0.5, 0.6) is 17.2 Å². The van der Waals surface area contributed by atoms with Crippen LogP contribution in [0.3, 0.4) is 0 Å². The molecule has 2 aromatic carbocycles.